The van der Waals surface area contributed by atoms with Gasteiger partial charge in [0.2, 0.25) is 0 Å². The monoisotopic (exact) mass is 1300 g/mol. The predicted molar refractivity (Wildman–Crippen MR) is 388 cm³/mol. The number of hydrogen-bond acceptors (Lipinski definition) is 12. The zero-order valence-electron chi connectivity index (χ0n) is 57.2. The van der Waals surface area contributed by atoms with Gasteiger partial charge in [-0.1, -0.05) is 170 Å². The van der Waals surface area contributed by atoms with Gasteiger partial charge in [0.05, 0.1) is 24.4 Å². The summed E-state index contributed by atoms with van der Waals surface area (Å²) < 4.78 is 0. The van der Waals surface area contributed by atoms with Crippen LogP contribution in [0.2, 0.25) is 0 Å². The van der Waals surface area contributed by atoms with Crippen LogP contribution in [-0.2, 0) is 25.7 Å². The van der Waals surface area contributed by atoms with Crippen molar-refractivity contribution < 1.29 is 40.9 Å². The van der Waals surface area contributed by atoms with E-state index in [2.05, 4.69) is 169 Å². The molecule has 12 rings (SSSR count). The molecule has 0 amide bonds. The quantitative estimate of drug-likeness (QED) is 0.0363. The van der Waals surface area contributed by atoms with Crippen LogP contribution in [0.3, 0.4) is 0 Å². The van der Waals surface area contributed by atoms with Crippen molar-refractivity contribution in [3.05, 3.63) is 263 Å². The minimum absolute atomic E-state index is 0.0900. The number of phenols is 4. The third-order valence-corrected chi connectivity index (χ3v) is 21.1. The molecular formula is C84H108N4O8. The van der Waals surface area contributed by atoms with Gasteiger partial charge in [-0.2, -0.15) is 0 Å². The predicted octanol–water partition coefficient (Wildman–Crippen LogP) is 15.1. The van der Waals surface area contributed by atoms with Gasteiger partial charge in [-0.3, -0.25) is 19.6 Å². The summed E-state index contributed by atoms with van der Waals surface area (Å²) in [5, 5.41) is 80.0. The molecule has 8 aromatic rings. The Morgan fingerprint density at radius 2 is 0.406 bits per heavy atom. The average molecular weight is 1300 g/mol. The van der Waals surface area contributed by atoms with Crippen LogP contribution in [-0.4, -0.2) is 137 Å². The summed E-state index contributed by atoms with van der Waals surface area (Å²) in [7, 11) is 0. The molecule has 4 aliphatic rings. The van der Waals surface area contributed by atoms with Crippen molar-refractivity contribution in [2.75, 3.05) is 52.4 Å². The zero-order chi connectivity index (χ0) is 67.8. The maximum absolute atomic E-state index is 10.6. The molecule has 0 saturated carbocycles. The third kappa shape index (κ3) is 22.3. The molecule has 4 saturated heterocycles. The van der Waals surface area contributed by atoms with E-state index in [-0.39, 0.29) is 47.2 Å². The van der Waals surface area contributed by atoms with Gasteiger partial charge in [0.25, 0.3) is 0 Å². The summed E-state index contributed by atoms with van der Waals surface area (Å²) in [6.45, 7) is 16.7. The summed E-state index contributed by atoms with van der Waals surface area (Å²) in [4.78, 5) is 9.55. The molecule has 4 fully saturated rings. The van der Waals surface area contributed by atoms with Crippen LogP contribution in [0.1, 0.15) is 148 Å². The number of piperidine rings is 4. The van der Waals surface area contributed by atoms with Crippen LogP contribution in [0.4, 0.5) is 0 Å². The van der Waals surface area contributed by atoms with Gasteiger partial charge in [-0.15, -0.1) is 0 Å². The highest BCUT2D eigenvalue weighted by molar-refractivity contribution is 5.31. The SMILES string of the molecule is CC(C(O)c1ccc(O)cc1)N1CCC(Cc2ccccc2)CC1.CC(C(O)c1ccc(O)cc1)N1CCC(Cc2ccccc2)CC1.CC(C(O)c1ccc(O)cc1)N1CCC(Cc2ccccc2)CC1.CC(C(O)c1ccc(O)cc1)N1CCC(Cc2ccccc2)CC1. The van der Waals surface area contributed by atoms with Gasteiger partial charge >= 0.3 is 0 Å². The molecule has 0 radical (unpaired) electrons. The molecule has 8 N–H and O–H groups in total. The highest BCUT2D eigenvalue weighted by atomic mass is 16.3. The van der Waals surface area contributed by atoms with Crippen LogP contribution in [0.25, 0.3) is 0 Å². The zero-order valence-corrected chi connectivity index (χ0v) is 57.2. The van der Waals surface area contributed by atoms with E-state index in [1.165, 1.54) is 73.6 Å². The Labute approximate surface area is 572 Å². The highest BCUT2D eigenvalue weighted by Gasteiger charge is 2.32. The highest BCUT2D eigenvalue weighted by Crippen LogP contribution is 2.33. The second-order valence-corrected chi connectivity index (χ2v) is 27.8. The van der Waals surface area contributed by atoms with Crippen molar-refractivity contribution in [3.8, 4) is 23.0 Å². The first-order chi connectivity index (χ1) is 46.5. The van der Waals surface area contributed by atoms with Crippen LogP contribution >= 0.6 is 0 Å². The molecule has 8 aromatic carbocycles. The number of aromatic hydroxyl groups is 4. The molecule has 512 valence electrons. The van der Waals surface area contributed by atoms with Gasteiger partial charge in [-0.25, -0.2) is 0 Å². The van der Waals surface area contributed by atoms with E-state index in [1.54, 1.807) is 97.1 Å². The van der Waals surface area contributed by atoms with Crippen molar-refractivity contribution in [1.29, 1.82) is 0 Å². The van der Waals surface area contributed by atoms with E-state index in [0.717, 1.165) is 124 Å². The Morgan fingerprint density at radius 3 is 0.562 bits per heavy atom. The van der Waals surface area contributed by atoms with Gasteiger partial charge in [0.1, 0.15) is 23.0 Å². The number of rotatable bonds is 20. The minimum Gasteiger partial charge on any atom is -0.508 e. The normalized spacial score (nSPS) is 19.1. The van der Waals surface area contributed by atoms with Gasteiger partial charge in [-0.05, 0) is 274 Å². The number of nitrogens with zero attached hydrogens (tertiary/aromatic N) is 4. The summed E-state index contributed by atoms with van der Waals surface area (Å²) in [6.07, 6.45) is 12.0. The van der Waals surface area contributed by atoms with E-state index in [4.69, 9.17) is 0 Å². The van der Waals surface area contributed by atoms with E-state index in [1.807, 2.05) is 0 Å². The molecule has 0 aliphatic carbocycles. The molecular weight excluding hydrogens is 1190 g/mol. The number of aliphatic hydroxyl groups is 4. The van der Waals surface area contributed by atoms with Crippen LogP contribution in [0.5, 0.6) is 23.0 Å². The number of likely N-dealkylation sites (tertiary alicyclic amines) is 4. The van der Waals surface area contributed by atoms with Crippen LogP contribution in [0, 0.1) is 23.7 Å². The second kappa shape index (κ2) is 37.4. The second-order valence-electron chi connectivity index (χ2n) is 27.8. The lowest BCUT2D eigenvalue weighted by atomic mass is 9.89. The first-order valence-electron chi connectivity index (χ1n) is 35.5. The topological polar surface area (TPSA) is 175 Å². The number of phenolic OH excluding ortho intramolecular Hbond substituents is 4. The first-order valence-corrected chi connectivity index (χ1v) is 35.5. The first kappa shape index (κ1) is 72.9. The van der Waals surface area contributed by atoms with E-state index >= 15 is 0 Å². The number of aliphatic hydroxyl groups excluding tert-OH is 4. The molecule has 0 bridgehead atoms. The van der Waals surface area contributed by atoms with Crippen molar-refractivity contribution in [3.63, 3.8) is 0 Å². The molecule has 8 atom stereocenters. The molecule has 4 aliphatic heterocycles. The maximum atomic E-state index is 10.6. The summed E-state index contributed by atoms with van der Waals surface area (Å²) >= 11 is 0. The van der Waals surface area contributed by atoms with Gasteiger partial charge in [0.15, 0.2) is 0 Å². The lowest BCUT2D eigenvalue weighted by Crippen LogP contribution is -2.43. The third-order valence-electron chi connectivity index (χ3n) is 21.1. The number of benzene rings is 8. The average Bonchev–Trinajstić information content (AvgIpc) is 1.63. The fourth-order valence-electron chi connectivity index (χ4n) is 14.6. The van der Waals surface area contributed by atoms with Gasteiger partial charge in [0, 0.05) is 24.2 Å². The van der Waals surface area contributed by atoms with Crippen LogP contribution in [0.15, 0.2) is 218 Å². The molecule has 96 heavy (non-hydrogen) atoms. The maximum Gasteiger partial charge on any atom is 0.115 e. The summed E-state index contributed by atoms with van der Waals surface area (Å²) in [5.74, 6) is 3.90. The van der Waals surface area contributed by atoms with Crippen molar-refractivity contribution in [2.24, 2.45) is 23.7 Å². The fourth-order valence-corrected chi connectivity index (χ4v) is 14.6. The Bertz CT molecular complexity index is 2930. The van der Waals surface area contributed by atoms with Crippen molar-refractivity contribution in [2.45, 2.75) is 153 Å². The lowest BCUT2D eigenvalue weighted by Gasteiger charge is -2.38. The Morgan fingerprint density at radius 1 is 0.250 bits per heavy atom. The molecule has 12 heteroatoms. The number of hydrogen-bond donors (Lipinski definition) is 8. The smallest absolute Gasteiger partial charge is 0.115 e. The molecule has 12 nitrogen and oxygen atoms in total. The van der Waals surface area contributed by atoms with Crippen molar-refractivity contribution >= 4 is 0 Å². The van der Waals surface area contributed by atoms with Crippen LogP contribution < -0.4 is 0 Å². The van der Waals surface area contributed by atoms with E-state index in [9.17, 15) is 40.9 Å². The van der Waals surface area contributed by atoms with E-state index in [0.29, 0.717) is 0 Å². The Kier molecular flexibility index (Phi) is 28.4. The fraction of sp³-hybridized carbons (Fsp3) is 0.429. The largest absolute Gasteiger partial charge is 0.508 e. The molecule has 4 heterocycles. The van der Waals surface area contributed by atoms with Crippen molar-refractivity contribution in [1.82, 2.24) is 19.6 Å². The lowest BCUT2D eigenvalue weighted by molar-refractivity contribution is 0.0373. The molecule has 0 spiro atoms. The molecule has 0 aromatic heterocycles. The standard InChI is InChI=1S/4C21H27NO2/c4*1-16(21(24)19-7-9-20(23)10-8-19)22-13-11-18(12-14-22)15-17-5-3-2-4-6-17/h4*2-10,16,18,21,23-24H,11-15H2,1H3. The minimum atomic E-state index is -0.517. The summed E-state index contributed by atoms with van der Waals surface area (Å²) in [6, 6.07) is 70.7. The van der Waals surface area contributed by atoms with E-state index < -0.39 is 24.4 Å². The van der Waals surface area contributed by atoms with Gasteiger partial charge < -0.3 is 40.9 Å². The summed E-state index contributed by atoms with van der Waals surface area (Å²) in [5.41, 5.74) is 9.17. The Balaban J connectivity index is 0.000000150. The molecule has 8 unspecified atom stereocenters. The Hall–Kier alpha value is -7.36.